The zero-order valence-electron chi connectivity index (χ0n) is 33.9. The zero-order valence-corrected chi connectivity index (χ0v) is 33.9. The van der Waals surface area contributed by atoms with Crippen LogP contribution in [-0.2, 0) is 0 Å². The molecule has 0 saturated heterocycles. The highest BCUT2D eigenvalue weighted by molar-refractivity contribution is 6.17. The molecule has 8 aromatic carbocycles. The van der Waals surface area contributed by atoms with Crippen LogP contribution in [0.2, 0.25) is 0 Å². The topological polar surface area (TPSA) is 50.7 Å². The van der Waals surface area contributed by atoms with Gasteiger partial charge in [-0.2, -0.15) is 0 Å². The molecular weight excluding hydrogens is 753 g/mol. The van der Waals surface area contributed by atoms with E-state index in [9.17, 15) is 0 Å². The third-order valence-corrected chi connectivity index (χ3v) is 11.1. The third-order valence-electron chi connectivity index (χ3n) is 11.1. The number of benzene rings is 8. The Morgan fingerprint density at radius 2 is 0.806 bits per heavy atom. The predicted molar refractivity (Wildman–Crippen MR) is 257 cm³/mol. The minimum Gasteiger partial charge on any atom is -0.354 e. The predicted octanol–water partition coefficient (Wildman–Crippen LogP) is 14.0. The highest BCUT2D eigenvalue weighted by Crippen LogP contribution is 2.42. The van der Waals surface area contributed by atoms with E-state index in [1.165, 1.54) is 0 Å². The summed E-state index contributed by atoms with van der Waals surface area (Å²) in [6.07, 6.45) is 2.22. The molecule has 0 atom stereocenters. The number of nitrogens with zero attached hydrogens (tertiary/aromatic N) is 3. The summed E-state index contributed by atoms with van der Waals surface area (Å²) in [5.74, 6) is 1.78. The summed E-state index contributed by atoms with van der Waals surface area (Å²) in [7, 11) is 0. The van der Waals surface area contributed by atoms with Crippen LogP contribution in [0.1, 0.15) is 27.8 Å². The monoisotopic (exact) mass is 792 g/mol. The maximum Gasteiger partial charge on any atom is 0.164 e. The van der Waals surface area contributed by atoms with E-state index in [2.05, 4.69) is 212 Å². The normalized spacial score (nSPS) is 12.6. The Morgan fingerprint density at radius 1 is 0.387 bits per heavy atom. The number of aromatic nitrogens is 3. The average Bonchev–Trinajstić information content (AvgIpc) is 3.36. The first-order valence-corrected chi connectivity index (χ1v) is 20.7. The number of hydrogen-bond acceptors (Lipinski definition) is 4. The van der Waals surface area contributed by atoms with Crippen LogP contribution in [0, 0.1) is 0 Å². The van der Waals surface area contributed by atoms with Crippen LogP contribution in [0.15, 0.2) is 231 Å². The Balaban J connectivity index is 1.18. The van der Waals surface area contributed by atoms with E-state index in [0.717, 1.165) is 89.3 Å². The summed E-state index contributed by atoms with van der Waals surface area (Å²) in [5, 5.41) is 3.88. The lowest BCUT2D eigenvalue weighted by atomic mass is 9.86. The van der Waals surface area contributed by atoms with E-state index in [0.29, 0.717) is 17.5 Å². The fraction of sp³-hybridized carbons (Fsp3) is 0. The second-order valence-corrected chi connectivity index (χ2v) is 15.1. The lowest BCUT2D eigenvalue weighted by Gasteiger charge is -2.27. The number of fused-ring (bicyclic) bond motifs is 1. The molecule has 4 nitrogen and oxygen atoms in total. The molecule has 292 valence electrons. The van der Waals surface area contributed by atoms with Crippen LogP contribution < -0.4 is 5.32 Å². The second-order valence-electron chi connectivity index (χ2n) is 15.1. The Morgan fingerprint density at radius 3 is 1.31 bits per heavy atom. The Hall–Kier alpha value is -8.43. The molecule has 0 bridgehead atoms. The highest BCUT2D eigenvalue weighted by atomic mass is 15.0. The van der Waals surface area contributed by atoms with Crippen molar-refractivity contribution >= 4 is 28.6 Å². The largest absolute Gasteiger partial charge is 0.354 e. The fourth-order valence-corrected chi connectivity index (χ4v) is 8.07. The van der Waals surface area contributed by atoms with Crippen LogP contribution >= 0.6 is 0 Å². The molecule has 4 heteroatoms. The molecule has 62 heavy (non-hydrogen) atoms. The van der Waals surface area contributed by atoms with Crippen LogP contribution in [-0.4, -0.2) is 15.0 Å². The molecule has 1 aliphatic rings. The first-order chi connectivity index (χ1) is 30.7. The summed E-state index contributed by atoms with van der Waals surface area (Å²) in [4.78, 5) is 15.6. The van der Waals surface area contributed by atoms with Crippen molar-refractivity contribution in [3.63, 3.8) is 0 Å². The van der Waals surface area contributed by atoms with Crippen molar-refractivity contribution in [2.45, 2.75) is 0 Å². The lowest BCUT2D eigenvalue weighted by molar-refractivity contribution is 1.07. The van der Waals surface area contributed by atoms with Gasteiger partial charge in [-0.1, -0.05) is 207 Å². The molecule has 0 fully saturated rings. The number of allylic oxidation sites excluding steroid dienone is 2. The van der Waals surface area contributed by atoms with Gasteiger partial charge in [0.2, 0.25) is 0 Å². The standard InChI is InChI=1S/C58H40N4/c1-2-51(42-24-12-5-13-25-42)54(44-28-16-7-17-29-44)55-52-35-34-49(38-50(52)39-53(59-55)43-26-14-6-15-27-43)58-61-56(47-32-18-30-45(36-47)40-20-8-3-9-21-40)60-57(62-58)48-33-19-31-46(37-48)41-22-10-4-11-23-41/h3-39,59H,1H2/b55-54-. The first-order valence-electron chi connectivity index (χ1n) is 20.7. The Bertz CT molecular complexity index is 3070. The van der Waals surface area contributed by atoms with Crippen molar-refractivity contribution in [3.8, 4) is 56.4 Å². The number of rotatable bonds is 9. The van der Waals surface area contributed by atoms with Crippen molar-refractivity contribution in [3.05, 3.63) is 259 Å². The van der Waals surface area contributed by atoms with Gasteiger partial charge < -0.3 is 5.32 Å². The SMILES string of the molecule is C=C=C(/C(=C1\NC(c2ccccc2)=Cc2cc(-c3nc(-c4cccc(-c5ccccc5)c4)nc(-c4cccc(-c5ccccc5)c4)n3)ccc21)c1ccccc1)c1ccccc1. The maximum atomic E-state index is 5.23. The summed E-state index contributed by atoms with van der Waals surface area (Å²) in [6, 6.07) is 75.4. The molecule has 1 aromatic heterocycles. The summed E-state index contributed by atoms with van der Waals surface area (Å²) < 4.78 is 0. The quantitative estimate of drug-likeness (QED) is 0.148. The van der Waals surface area contributed by atoms with E-state index >= 15 is 0 Å². The van der Waals surface area contributed by atoms with Crippen LogP contribution in [0.4, 0.5) is 0 Å². The van der Waals surface area contributed by atoms with Gasteiger partial charge in [0.25, 0.3) is 0 Å². The summed E-state index contributed by atoms with van der Waals surface area (Å²) in [5.41, 5.74) is 19.5. The van der Waals surface area contributed by atoms with Gasteiger partial charge in [-0.3, -0.25) is 0 Å². The molecule has 0 amide bonds. The van der Waals surface area contributed by atoms with Crippen molar-refractivity contribution in [2.24, 2.45) is 0 Å². The average molecular weight is 793 g/mol. The Labute approximate surface area is 362 Å². The molecule has 0 spiro atoms. The maximum absolute atomic E-state index is 5.23. The van der Waals surface area contributed by atoms with Gasteiger partial charge in [0.05, 0.1) is 5.70 Å². The van der Waals surface area contributed by atoms with Crippen molar-refractivity contribution in [1.82, 2.24) is 20.3 Å². The van der Waals surface area contributed by atoms with Crippen molar-refractivity contribution < 1.29 is 0 Å². The minimum atomic E-state index is 0.584. The third kappa shape index (κ3) is 7.74. The summed E-state index contributed by atoms with van der Waals surface area (Å²) >= 11 is 0. The Kier molecular flexibility index (Phi) is 10.4. The van der Waals surface area contributed by atoms with Gasteiger partial charge in [0.1, 0.15) is 0 Å². The molecule has 9 aromatic rings. The van der Waals surface area contributed by atoms with Gasteiger partial charge in [-0.15, -0.1) is 5.73 Å². The first kappa shape index (κ1) is 37.8. The number of hydrogen-bond donors (Lipinski definition) is 1. The van der Waals surface area contributed by atoms with Crippen LogP contribution in [0.5, 0.6) is 0 Å². The van der Waals surface area contributed by atoms with Gasteiger partial charge in [-0.25, -0.2) is 15.0 Å². The van der Waals surface area contributed by atoms with E-state index in [1.54, 1.807) is 0 Å². The van der Waals surface area contributed by atoms with Gasteiger partial charge in [0.15, 0.2) is 17.5 Å². The lowest BCUT2D eigenvalue weighted by Crippen LogP contribution is -2.18. The van der Waals surface area contributed by atoms with Crippen molar-refractivity contribution in [1.29, 1.82) is 0 Å². The number of nitrogens with one attached hydrogen (secondary N) is 1. The van der Waals surface area contributed by atoms with E-state index in [-0.39, 0.29) is 0 Å². The van der Waals surface area contributed by atoms with Gasteiger partial charge in [0, 0.05) is 39.1 Å². The van der Waals surface area contributed by atoms with E-state index in [1.807, 2.05) is 30.3 Å². The highest BCUT2D eigenvalue weighted by Gasteiger charge is 2.25. The molecular formula is C58H40N4. The molecule has 0 saturated carbocycles. The minimum absolute atomic E-state index is 0.584. The molecule has 1 N–H and O–H groups in total. The van der Waals surface area contributed by atoms with Crippen LogP contribution in [0.3, 0.4) is 0 Å². The molecule has 2 heterocycles. The van der Waals surface area contributed by atoms with Crippen molar-refractivity contribution in [2.75, 3.05) is 0 Å². The fourth-order valence-electron chi connectivity index (χ4n) is 8.07. The zero-order chi connectivity index (χ0) is 41.7. The van der Waals surface area contributed by atoms with E-state index in [4.69, 9.17) is 15.0 Å². The second kappa shape index (κ2) is 17.0. The molecule has 0 aliphatic carbocycles. The van der Waals surface area contributed by atoms with Gasteiger partial charge >= 0.3 is 0 Å². The van der Waals surface area contributed by atoms with E-state index < -0.39 is 0 Å². The van der Waals surface area contributed by atoms with Crippen LogP contribution in [0.25, 0.3) is 85.0 Å². The smallest absolute Gasteiger partial charge is 0.164 e. The molecule has 0 unspecified atom stereocenters. The molecule has 0 radical (unpaired) electrons. The molecule has 1 aliphatic heterocycles. The molecule has 10 rings (SSSR count). The summed E-state index contributed by atoms with van der Waals surface area (Å²) in [6.45, 7) is 4.22. The van der Waals surface area contributed by atoms with Gasteiger partial charge in [-0.05, 0) is 68.8 Å².